The van der Waals surface area contributed by atoms with Crippen LogP contribution in [0.3, 0.4) is 0 Å². The number of benzene rings is 6. The van der Waals surface area contributed by atoms with Crippen LogP contribution in [-0.4, -0.2) is 0 Å². The summed E-state index contributed by atoms with van der Waals surface area (Å²) in [7, 11) is -2.20. The zero-order valence-electron chi connectivity index (χ0n) is 17.3. The predicted molar refractivity (Wildman–Crippen MR) is 138 cm³/mol. The van der Waals surface area contributed by atoms with Gasteiger partial charge in [0.1, 0.15) is 7.80 Å². The minimum absolute atomic E-state index is 0.958. The monoisotopic (exact) mass is 426 g/mol. The maximum Gasteiger partial charge on any atom is 0.133 e. The number of rotatable bonds is 0. The molecular formula is C30H19OP. The summed E-state index contributed by atoms with van der Waals surface area (Å²) >= 11 is 0. The Labute approximate surface area is 186 Å². The van der Waals surface area contributed by atoms with Gasteiger partial charge in [0.2, 0.25) is 0 Å². The van der Waals surface area contributed by atoms with Gasteiger partial charge in [-0.15, -0.1) is 0 Å². The summed E-state index contributed by atoms with van der Waals surface area (Å²) < 4.78 is 14.2. The largest absolute Gasteiger partial charge is 0.317 e. The van der Waals surface area contributed by atoms with Crippen LogP contribution in [0.2, 0.25) is 0 Å². The van der Waals surface area contributed by atoms with Crippen LogP contribution in [0.4, 0.5) is 0 Å². The molecule has 1 heterocycles. The quantitative estimate of drug-likeness (QED) is 0.233. The Hall–Kier alpha value is -3.67. The van der Waals surface area contributed by atoms with Crippen LogP contribution in [0, 0.1) is 0 Å². The molecule has 0 aromatic heterocycles. The molecule has 0 amide bonds. The Bertz CT molecular complexity index is 1620. The van der Waals surface area contributed by atoms with Gasteiger partial charge in [0.15, 0.2) is 0 Å². The fraction of sp³-hybridized carbons (Fsp3) is 0. The SMILES string of the molecule is O=[PH]1c2cc3ccccc3cc2-c2cc3ccccc3cc2-c2cc3ccccc3cc21. The van der Waals surface area contributed by atoms with Crippen molar-refractivity contribution in [3.05, 3.63) is 109 Å². The summed E-state index contributed by atoms with van der Waals surface area (Å²) in [5.41, 5.74) is 4.51. The molecule has 0 saturated heterocycles. The zero-order valence-corrected chi connectivity index (χ0v) is 18.3. The third kappa shape index (κ3) is 2.55. The van der Waals surface area contributed by atoms with Crippen molar-refractivity contribution in [1.82, 2.24) is 0 Å². The van der Waals surface area contributed by atoms with Gasteiger partial charge in [0, 0.05) is 10.6 Å². The van der Waals surface area contributed by atoms with Gasteiger partial charge in [-0.2, -0.15) is 0 Å². The summed E-state index contributed by atoms with van der Waals surface area (Å²) in [6.45, 7) is 0. The van der Waals surface area contributed by atoms with Crippen LogP contribution in [0.25, 0.3) is 54.6 Å². The smallest absolute Gasteiger partial charge is 0.133 e. The van der Waals surface area contributed by atoms with Crippen LogP contribution in [0.15, 0.2) is 109 Å². The number of fused-ring (bicyclic) bond motifs is 8. The van der Waals surface area contributed by atoms with Crippen molar-refractivity contribution < 1.29 is 4.57 Å². The summed E-state index contributed by atoms with van der Waals surface area (Å²) in [4.78, 5) is 0. The second kappa shape index (κ2) is 6.66. The average Bonchev–Trinajstić information content (AvgIpc) is 2.93. The van der Waals surface area contributed by atoms with E-state index in [1.165, 1.54) is 21.5 Å². The lowest BCUT2D eigenvalue weighted by molar-refractivity contribution is 0.598. The molecule has 0 radical (unpaired) electrons. The van der Waals surface area contributed by atoms with Gasteiger partial charge in [-0.25, -0.2) is 0 Å². The molecule has 0 aliphatic carbocycles. The highest BCUT2D eigenvalue weighted by Crippen LogP contribution is 2.44. The second-order valence-corrected chi connectivity index (χ2v) is 10.3. The van der Waals surface area contributed by atoms with E-state index >= 15 is 0 Å². The van der Waals surface area contributed by atoms with Crippen molar-refractivity contribution in [2.24, 2.45) is 0 Å². The standard InChI is InChI=1S/C30H19OP/c31-32-29-17-23-11-5-3-9-21(23)15-27(29)25-13-19-7-1-2-8-20(19)14-26(25)28-16-22-10-4-6-12-24(22)18-30(28)32/h1-18,32H. The topological polar surface area (TPSA) is 17.1 Å². The van der Waals surface area contributed by atoms with Gasteiger partial charge in [-0.3, -0.25) is 0 Å². The van der Waals surface area contributed by atoms with Crippen molar-refractivity contribution in [2.45, 2.75) is 0 Å². The van der Waals surface area contributed by atoms with Crippen LogP contribution >= 0.6 is 7.80 Å². The third-order valence-corrected chi connectivity index (χ3v) is 8.53. The Morgan fingerprint density at radius 2 is 0.656 bits per heavy atom. The van der Waals surface area contributed by atoms with E-state index in [1.54, 1.807) is 0 Å². The van der Waals surface area contributed by atoms with Crippen molar-refractivity contribution in [3.63, 3.8) is 0 Å². The van der Waals surface area contributed by atoms with Gasteiger partial charge in [0.25, 0.3) is 0 Å². The molecule has 1 nitrogen and oxygen atoms in total. The molecule has 32 heavy (non-hydrogen) atoms. The lowest BCUT2D eigenvalue weighted by Gasteiger charge is -2.13. The summed E-state index contributed by atoms with van der Waals surface area (Å²) in [5.74, 6) is 0. The summed E-state index contributed by atoms with van der Waals surface area (Å²) in [6, 6.07) is 38.5. The van der Waals surface area contributed by atoms with E-state index in [2.05, 4.69) is 97.1 Å². The van der Waals surface area contributed by atoms with Gasteiger partial charge in [0.05, 0.1) is 0 Å². The van der Waals surface area contributed by atoms with E-state index in [1.807, 2.05) is 12.1 Å². The molecule has 0 N–H and O–H groups in total. The first-order valence-corrected chi connectivity index (χ1v) is 12.3. The Balaban J connectivity index is 1.69. The first kappa shape index (κ1) is 18.0. The molecule has 0 bridgehead atoms. The molecule has 2 heteroatoms. The molecule has 1 aliphatic heterocycles. The molecule has 150 valence electrons. The van der Waals surface area contributed by atoms with Gasteiger partial charge >= 0.3 is 0 Å². The van der Waals surface area contributed by atoms with Crippen LogP contribution in [-0.2, 0) is 4.57 Å². The summed E-state index contributed by atoms with van der Waals surface area (Å²) in [6.07, 6.45) is 0. The minimum atomic E-state index is -2.20. The van der Waals surface area contributed by atoms with Crippen LogP contribution in [0.5, 0.6) is 0 Å². The van der Waals surface area contributed by atoms with Crippen molar-refractivity contribution >= 4 is 50.7 Å². The van der Waals surface area contributed by atoms with Gasteiger partial charge < -0.3 is 4.57 Å². The molecule has 1 aliphatic rings. The zero-order chi connectivity index (χ0) is 21.2. The lowest BCUT2D eigenvalue weighted by atomic mass is 9.90. The normalized spacial score (nSPS) is 13.0. The Morgan fingerprint density at radius 1 is 0.375 bits per heavy atom. The van der Waals surface area contributed by atoms with E-state index in [0.29, 0.717) is 0 Å². The highest BCUT2D eigenvalue weighted by atomic mass is 31.1. The van der Waals surface area contributed by atoms with Crippen molar-refractivity contribution in [3.8, 4) is 22.3 Å². The molecule has 0 saturated carbocycles. The fourth-order valence-corrected chi connectivity index (χ4v) is 6.90. The van der Waals surface area contributed by atoms with E-state index in [0.717, 1.165) is 43.6 Å². The fourth-order valence-electron chi connectivity index (χ4n) is 5.13. The van der Waals surface area contributed by atoms with E-state index in [9.17, 15) is 4.57 Å². The lowest BCUT2D eigenvalue weighted by Crippen LogP contribution is -2.09. The molecule has 6 aromatic carbocycles. The molecule has 6 aromatic rings. The van der Waals surface area contributed by atoms with Crippen LogP contribution in [0.1, 0.15) is 0 Å². The predicted octanol–water partition coefficient (Wildman–Crippen LogP) is 7.30. The number of hydrogen-bond acceptors (Lipinski definition) is 1. The minimum Gasteiger partial charge on any atom is -0.317 e. The molecule has 0 spiro atoms. The Morgan fingerprint density at radius 3 is 1.00 bits per heavy atom. The molecule has 0 atom stereocenters. The first-order valence-electron chi connectivity index (χ1n) is 10.9. The highest BCUT2D eigenvalue weighted by Gasteiger charge is 2.25. The van der Waals surface area contributed by atoms with Gasteiger partial charge in [-0.05, 0) is 91.0 Å². The average molecular weight is 426 g/mol. The maximum absolute atomic E-state index is 14.2. The van der Waals surface area contributed by atoms with E-state index in [4.69, 9.17) is 0 Å². The third-order valence-electron chi connectivity index (χ3n) is 6.73. The van der Waals surface area contributed by atoms with E-state index < -0.39 is 7.80 Å². The summed E-state index contributed by atoms with van der Waals surface area (Å²) in [5, 5.41) is 8.95. The molecule has 0 unspecified atom stereocenters. The molecule has 7 rings (SSSR count). The van der Waals surface area contributed by atoms with Crippen molar-refractivity contribution in [1.29, 1.82) is 0 Å². The van der Waals surface area contributed by atoms with Gasteiger partial charge in [-0.1, -0.05) is 72.8 Å². The van der Waals surface area contributed by atoms with Crippen molar-refractivity contribution in [2.75, 3.05) is 0 Å². The second-order valence-electron chi connectivity index (χ2n) is 8.56. The number of hydrogen-bond donors (Lipinski definition) is 0. The molecular weight excluding hydrogens is 407 g/mol. The maximum atomic E-state index is 14.2. The molecule has 0 fully saturated rings. The Kier molecular flexibility index (Phi) is 3.74. The highest BCUT2D eigenvalue weighted by molar-refractivity contribution is 7.62. The first-order chi connectivity index (χ1) is 15.8. The van der Waals surface area contributed by atoms with E-state index in [-0.39, 0.29) is 0 Å². The van der Waals surface area contributed by atoms with Crippen LogP contribution < -0.4 is 10.6 Å².